The van der Waals surface area contributed by atoms with Crippen molar-refractivity contribution >= 4 is 23.3 Å². The number of aromatic amines is 1. The number of fused-ring (bicyclic) bond motifs is 1. The standard InChI is InChI=1S/C29H44N8O3/c1-17-10-12-20(13-11-17)16-37-24(19(3)31-18(2)21-6-4-7-21)26(32-25(30)27-34-35-29(38)40-27)33-28(37)36-14-15-39-23-9-5-8-22(23)36/h17-18,20-23,31H,3-16H2,1-2H3,(H2,30,32)(H,35,38)/t17-,18-,20-,22?,23?/m1/s1. The maximum absolute atomic E-state index is 11.6. The molecular formula is C29H44N8O3. The first-order valence-electron chi connectivity index (χ1n) is 15.2. The number of nitrogens with two attached hydrogens (primary N) is 1. The minimum absolute atomic E-state index is 0.00264. The van der Waals surface area contributed by atoms with Crippen LogP contribution >= 0.6 is 0 Å². The van der Waals surface area contributed by atoms with E-state index in [0.717, 1.165) is 55.6 Å². The highest BCUT2D eigenvalue weighted by molar-refractivity contribution is 5.95. The first-order chi connectivity index (χ1) is 19.4. The lowest BCUT2D eigenvalue weighted by molar-refractivity contribution is 0.0246. The summed E-state index contributed by atoms with van der Waals surface area (Å²) in [7, 11) is 0. The van der Waals surface area contributed by atoms with Crippen LogP contribution < -0.4 is 21.7 Å². The van der Waals surface area contributed by atoms with E-state index in [-0.39, 0.29) is 17.8 Å². The summed E-state index contributed by atoms with van der Waals surface area (Å²) in [5, 5.41) is 9.84. The van der Waals surface area contributed by atoms with Gasteiger partial charge in [0.2, 0.25) is 5.95 Å². The predicted molar refractivity (Wildman–Crippen MR) is 155 cm³/mol. The third-order valence-electron chi connectivity index (χ3n) is 9.67. The molecule has 4 N–H and O–H groups in total. The van der Waals surface area contributed by atoms with Gasteiger partial charge in [0, 0.05) is 19.1 Å². The molecule has 4 aliphatic rings. The van der Waals surface area contributed by atoms with E-state index in [1.165, 1.54) is 44.9 Å². The molecule has 11 heteroatoms. The van der Waals surface area contributed by atoms with Gasteiger partial charge in [-0.3, -0.25) is 0 Å². The lowest BCUT2D eigenvalue weighted by Gasteiger charge is -2.39. The molecule has 3 saturated carbocycles. The van der Waals surface area contributed by atoms with Crippen molar-refractivity contribution in [1.82, 2.24) is 25.1 Å². The third kappa shape index (κ3) is 5.44. The van der Waals surface area contributed by atoms with Gasteiger partial charge in [0.1, 0.15) is 5.69 Å². The largest absolute Gasteiger partial charge is 0.434 e. The highest BCUT2D eigenvalue weighted by Crippen LogP contribution is 2.39. The molecule has 4 fully saturated rings. The molecule has 40 heavy (non-hydrogen) atoms. The molecule has 3 heterocycles. The van der Waals surface area contributed by atoms with Gasteiger partial charge >= 0.3 is 5.76 Å². The number of amidine groups is 1. The van der Waals surface area contributed by atoms with E-state index >= 15 is 0 Å². The molecule has 0 amide bonds. The fourth-order valence-electron chi connectivity index (χ4n) is 7.04. The number of nitrogens with one attached hydrogen (secondary N) is 2. The van der Waals surface area contributed by atoms with Gasteiger partial charge in [-0.05, 0) is 69.6 Å². The summed E-state index contributed by atoms with van der Waals surface area (Å²) in [6.45, 7) is 11.4. The number of H-pyrrole nitrogens is 1. The molecule has 11 nitrogen and oxygen atoms in total. The minimum atomic E-state index is -0.674. The molecule has 3 aliphatic carbocycles. The van der Waals surface area contributed by atoms with Gasteiger partial charge in [0.15, 0.2) is 11.7 Å². The molecule has 2 aromatic rings. The number of morpholine rings is 1. The summed E-state index contributed by atoms with van der Waals surface area (Å²) in [6, 6.07) is 0.590. The smallest absolute Gasteiger partial charge is 0.384 e. The lowest BCUT2D eigenvalue weighted by Crippen LogP contribution is -2.49. The fraction of sp³-hybridized carbons (Fsp3) is 0.724. The third-order valence-corrected chi connectivity index (χ3v) is 9.67. The molecule has 2 unspecified atom stereocenters. The first kappa shape index (κ1) is 27.1. The zero-order valence-corrected chi connectivity index (χ0v) is 23.9. The van der Waals surface area contributed by atoms with Crippen molar-refractivity contribution < 1.29 is 9.15 Å². The molecule has 1 aliphatic heterocycles. The number of rotatable bonds is 9. The Bertz CT molecular complexity index is 1280. The molecule has 0 radical (unpaired) electrons. The molecular weight excluding hydrogens is 508 g/mol. The Labute approximate surface area is 235 Å². The van der Waals surface area contributed by atoms with Gasteiger partial charge in [-0.2, -0.15) is 4.98 Å². The number of nitrogens with zero attached hydrogens (tertiary/aromatic N) is 5. The van der Waals surface area contributed by atoms with Crippen LogP contribution in [0.4, 0.5) is 11.8 Å². The van der Waals surface area contributed by atoms with Crippen LogP contribution in [0.3, 0.4) is 0 Å². The second-order valence-corrected chi connectivity index (χ2v) is 12.4. The molecule has 0 spiro atoms. The normalized spacial score (nSPS) is 28.2. The average Bonchev–Trinajstić information content (AvgIpc) is 3.63. The van der Waals surface area contributed by atoms with Gasteiger partial charge in [-0.1, -0.05) is 32.8 Å². The van der Waals surface area contributed by atoms with Gasteiger partial charge in [0.05, 0.1) is 24.4 Å². The van der Waals surface area contributed by atoms with E-state index in [4.69, 9.17) is 24.9 Å². The topological polar surface area (TPSA) is 140 Å². The molecule has 218 valence electrons. The van der Waals surface area contributed by atoms with Crippen LogP contribution in [0.15, 0.2) is 20.8 Å². The Morgan fingerprint density at radius 1 is 1.20 bits per heavy atom. The summed E-state index contributed by atoms with van der Waals surface area (Å²) in [5.41, 5.74) is 7.96. The lowest BCUT2D eigenvalue weighted by atomic mass is 9.80. The van der Waals surface area contributed by atoms with E-state index in [0.29, 0.717) is 36.3 Å². The highest BCUT2D eigenvalue weighted by atomic mass is 16.5. The highest BCUT2D eigenvalue weighted by Gasteiger charge is 2.39. The maximum Gasteiger partial charge on any atom is 0.434 e. The minimum Gasteiger partial charge on any atom is -0.384 e. The summed E-state index contributed by atoms with van der Waals surface area (Å²) in [5.74, 6) is 2.64. The molecule has 6 rings (SSSR count). The van der Waals surface area contributed by atoms with Crippen molar-refractivity contribution in [3.8, 4) is 0 Å². The Hall–Kier alpha value is -3.08. The van der Waals surface area contributed by atoms with Crippen LogP contribution in [0.5, 0.6) is 0 Å². The summed E-state index contributed by atoms with van der Waals surface area (Å²) < 4.78 is 13.6. The number of imidazole rings is 1. The number of anilines is 1. The number of aliphatic imine (C=N–C) groups is 1. The Morgan fingerprint density at radius 2 is 1.98 bits per heavy atom. The van der Waals surface area contributed by atoms with Gasteiger partial charge in [-0.15, -0.1) is 5.10 Å². The number of ether oxygens (including phenoxy) is 1. The summed E-state index contributed by atoms with van der Waals surface area (Å²) in [4.78, 5) is 23.9. The van der Waals surface area contributed by atoms with Gasteiger partial charge in [-0.25, -0.2) is 14.9 Å². The quantitative estimate of drug-likeness (QED) is 0.314. The van der Waals surface area contributed by atoms with E-state index in [2.05, 4.69) is 45.4 Å². The van der Waals surface area contributed by atoms with Crippen molar-refractivity contribution in [2.75, 3.05) is 18.1 Å². The van der Waals surface area contributed by atoms with Crippen LogP contribution in [-0.4, -0.2) is 56.9 Å². The van der Waals surface area contributed by atoms with Crippen LogP contribution in [0, 0.1) is 17.8 Å². The first-order valence-corrected chi connectivity index (χ1v) is 15.2. The monoisotopic (exact) mass is 552 g/mol. The number of hydrogen-bond donors (Lipinski definition) is 3. The van der Waals surface area contributed by atoms with Gasteiger partial charge in [0.25, 0.3) is 5.89 Å². The van der Waals surface area contributed by atoms with E-state index < -0.39 is 5.76 Å². The van der Waals surface area contributed by atoms with Crippen molar-refractivity contribution in [2.24, 2.45) is 28.5 Å². The summed E-state index contributed by atoms with van der Waals surface area (Å²) in [6.07, 6.45) is 12.2. The number of aromatic nitrogens is 4. The predicted octanol–water partition coefficient (Wildman–Crippen LogP) is 3.93. The molecule has 3 atom stereocenters. The molecule has 0 aromatic carbocycles. The van der Waals surface area contributed by atoms with Crippen molar-refractivity contribution in [1.29, 1.82) is 0 Å². The Balaban J connectivity index is 1.43. The Kier molecular flexibility index (Phi) is 7.74. The van der Waals surface area contributed by atoms with Crippen molar-refractivity contribution in [2.45, 2.75) is 103 Å². The fourth-order valence-corrected chi connectivity index (χ4v) is 7.04. The number of hydrogen-bond acceptors (Lipinski definition) is 8. The zero-order valence-electron chi connectivity index (χ0n) is 23.9. The second-order valence-electron chi connectivity index (χ2n) is 12.4. The van der Waals surface area contributed by atoms with Crippen LogP contribution in [-0.2, 0) is 11.3 Å². The molecule has 1 saturated heterocycles. The van der Waals surface area contributed by atoms with Crippen molar-refractivity contribution in [3.05, 3.63) is 28.7 Å². The van der Waals surface area contributed by atoms with E-state index in [1.807, 2.05) is 0 Å². The zero-order chi connectivity index (χ0) is 27.8. The van der Waals surface area contributed by atoms with Crippen molar-refractivity contribution in [3.63, 3.8) is 0 Å². The maximum atomic E-state index is 11.6. The second kappa shape index (κ2) is 11.4. The summed E-state index contributed by atoms with van der Waals surface area (Å²) >= 11 is 0. The molecule has 2 aromatic heterocycles. The van der Waals surface area contributed by atoms with Gasteiger partial charge < -0.3 is 29.7 Å². The average molecular weight is 553 g/mol. The SMILES string of the molecule is C=C(N[C@H](C)C1CCC1)c1c(/N=C(\N)c2n[nH]c(=O)o2)nc(N2CCOC3CCCC32)n1C[C@H]1CC[C@H](C)CC1. The van der Waals surface area contributed by atoms with E-state index in [9.17, 15) is 4.79 Å². The Morgan fingerprint density at radius 3 is 2.67 bits per heavy atom. The van der Waals surface area contributed by atoms with Crippen LogP contribution in [0.1, 0.15) is 89.6 Å². The van der Waals surface area contributed by atoms with E-state index in [1.54, 1.807) is 0 Å². The van der Waals surface area contributed by atoms with Crippen LogP contribution in [0.2, 0.25) is 0 Å². The van der Waals surface area contributed by atoms with Crippen LogP contribution in [0.25, 0.3) is 5.70 Å². The molecule has 0 bridgehead atoms.